The fraction of sp³-hybridized carbons (Fsp3) is 0.444. The second-order valence-corrected chi connectivity index (χ2v) is 7.35. The summed E-state index contributed by atoms with van der Waals surface area (Å²) in [6, 6.07) is 1.64. The maximum atomic E-state index is 12.9. The zero-order valence-electron chi connectivity index (χ0n) is 15.0. The summed E-state index contributed by atoms with van der Waals surface area (Å²) in [5, 5.41) is 0. The maximum Gasteiger partial charge on any atom is 0.433 e. The molecule has 0 saturated heterocycles. The van der Waals surface area contributed by atoms with Crippen molar-refractivity contribution in [2.45, 2.75) is 40.8 Å². The van der Waals surface area contributed by atoms with E-state index in [0.29, 0.717) is 6.07 Å². The van der Waals surface area contributed by atoms with Gasteiger partial charge in [0.1, 0.15) is 5.69 Å². The number of pyridine rings is 1. The van der Waals surface area contributed by atoms with Crippen LogP contribution in [0.25, 0.3) is 0 Å². The van der Waals surface area contributed by atoms with Gasteiger partial charge in [-0.05, 0) is 46.8 Å². The van der Waals surface area contributed by atoms with Crippen molar-refractivity contribution in [3.63, 3.8) is 0 Å². The minimum Gasteiger partial charge on any atom is -0.401 e. The van der Waals surface area contributed by atoms with E-state index in [1.165, 1.54) is 34.6 Å². The van der Waals surface area contributed by atoms with Gasteiger partial charge in [-0.2, -0.15) is 13.2 Å². The molecule has 1 aliphatic carbocycles. The number of aryl methyl sites for hydroxylation is 1. The minimum atomic E-state index is -4.65. The second-order valence-electron chi connectivity index (χ2n) is 7.35. The molecule has 1 heterocycles. The van der Waals surface area contributed by atoms with Crippen LogP contribution in [0.1, 0.15) is 49.4 Å². The van der Waals surface area contributed by atoms with Gasteiger partial charge in [-0.1, -0.05) is 0 Å². The van der Waals surface area contributed by atoms with Crippen LogP contribution in [-0.2, 0) is 15.8 Å². The number of alkyl halides is 3. The van der Waals surface area contributed by atoms with Crippen LogP contribution in [0.2, 0.25) is 0 Å². The third-order valence-corrected chi connectivity index (χ3v) is 4.72. The molecule has 0 saturated carbocycles. The van der Waals surface area contributed by atoms with Crippen LogP contribution in [-0.4, -0.2) is 22.3 Å². The Morgan fingerprint density at radius 3 is 2.08 bits per heavy atom. The predicted molar refractivity (Wildman–Crippen MR) is 87.1 cm³/mol. The Morgan fingerprint density at radius 2 is 1.62 bits per heavy atom. The Bertz CT molecular complexity index is 865. The summed E-state index contributed by atoms with van der Waals surface area (Å²) in [7, 11) is 0. The number of carbonyl (C=O) groups excluding carboxylic acids is 3. The Morgan fingerprint density at radius 1 is 1.08 bits per heavy atom. The number of rotatable bonds is 2. The van der Waals surface area contributed by atoms with Crippen molar-refractivity contribution < 1.29 is 27.6 Å². The predicted octanol–water partition coefficient (Wildman–Crippen LogP) is 3.01. The molecule has 0 fully saturated rings. The number of allylic oxidation sites excluding steroid dienone is 2. The molecule has 0 bridgehead atoms. The Hall–Kier alpha value is -2.51. The van der Waals surface area contributed by atoms with Crippen LogP contribution in [0.5, 0.6) is 0 Å². The van der Waals surface area contributed by atoms with Crippen LogP contribution >= 0.6 is 0 Å². The molecule has 140 valence electrons. The number of hydrogen-bond acceptors (Lipinski definition) is 5. The van der Waals surface area contributed by atoms with Gasteiger partial charge in [-0.25, -0.2) is 4.98 Å². The lowest BCUT2D eigenvalue weighted by atomic mass is 9.62. The highest BCUT2D eigenvalue weighted by Crippen LogP contribution is 2.43. The minimum absolute atomic E-state index is 0.162. The molecule has 0 aliphatic heterocycles. The number of aromatic nitrogens is 1. The van der Waals surface area contributed by atoms with E-state index in [9.17, 15) is 27.6 Å². The summed E-state index contributed by atoms with van der Waals surface area (Å²) >= 11 is 0. The van der Waals surface area contributed by atoms with Crippen molar-refractivity contribution >= 4 is 17.3 Å². The van der Waals surface area contributed by atoms with Crippen LogP contribution in [0.15, 0.2) is 23.4 Å². The van der Waals surface area contributed by atoms with E-state index in [0.717, 1.165) is 6.07 Å². The SMILES string of the molecule is Cc1nc(C(F)(F)F)ccc1C(=O)C1=C(N)C(C)(C)C(=O)C(C)(C)C1=O. The van der Waals surface area contributed by atoms with Crippen molar-refractivity contribution in [3.8, 4) is 0 Å². The molecule has 1 aromatic heterocycles. The first kappa shape index (κ1) is 19.8. The summed E-state index contributed by atoms with van der Waals surface area (Å²) in [6.07, 6.45) is -4.65. The molecule has 0 amide bonds. The quantitative estimate of drug-likeness (QED) is 0.492. The molecule has 0 atom stereocenters. The van der Waals surface area contributed by atoms with Gasteiger partial charge in [0.25, 0.3) is 0 Å². The lowest BCUT2D eigenvalue weighted by Gasteiger charge is -2.38. The molecular weight excluding hydrogens is 349 g/mol. The third kappa shape index (κ3) is 2.83. The van der Waals surface area contributed by atoms with Crippen LogP contribution < -0.4 is 5.73 Å². The lowest BCUT2D eigenvalue weighted by Crippen LogP contribution is -2.51. The zero-order valence-corrected chi connectivity index (χ0v) is 15.0. The maximum absolute atomic E-state index is 12.9. The Balaban J connectivity index is 2.64. The van der Waals surface area contributed by atoms with Crippen LogP contribution in [0, 0.1) is 17.8 Å². The van der Waals surface area contributed by atoms with Gasteiger partial charge in [0.2, 0.25) is 0 Å². The summed E-state index contributed by atoms with van der Waals surface area (Å²) in [5.41, 5.74) is 1.21. The van der Waals surface area contributed by atoms with Gasteiger partial charge >= 0.3 is 6.18 Å². The molecule has 5 nitrogen and oxygen atoms in total. The van der Waals surface area contributed by atoms with E-state index in [4.69, 9.17) is 5.73 Å². The van der Waals surface area contributed by atoms with Gasteiger partial charge in [-0.3, -0.25) is 14.4 Å². The molecule has 1 aromatic rings. The topological polar surface area (TPSA) is 90.1 Å². The van der Waals surface area contributed by atoms with E-state index in [1.807, 2.05) is 0 Å². The molecule has 0 aromatic carbocycles. The van der Waals surface area contributed by atoms with Crippen molar-refractivity contribution in [1.29, 1.82) is 0 Å². The fourth-order valence-corrected chi connectivity index (χ4v) is 3.07. The number of nitrogens with two attached hydrogens (primary N) is 1. The number of carbonyl (C=O) groups is 3. The summed E-state index contributed by atoms with van der Waals surface area (Å²) in [4.78, 5) is 41.6. The van der Waals surface area contributed by atoms with Gasteiger partial charge in [-0.15, -0.1) is 0 Å². The highest BCUT2D eigenvalue weighted by Gasteiger charge is 2.53. The highest BCUT2D eigenvalue weighted by molar-refractivity contribution is 6.34. The number of Topliss-reactive ketones (excluding diaryl/α,β-unsaturated/α-hetero) is 3. The van der Waals surface area contributed by atoms with Crippen molar-refractivity contribution in [3.05, 3.63) is 40.4 Å². The second kappa shape index (κ2) is 5.75. The van der Waals surface area contributed by atoms with Gasteiger partial charge in [0.15, 0.2) is 17.3 Å². The number of halogens is 3. The molecule has 1 aliphatic rings. The third-order valence-electron chi connectivity index (χ3n) is 4.72. The molecule has 2 N–H and O–H groups in total. The first-order chi connectivity index (χ1) is 11.6. The first-order valence-corrected chi connectivity index (χ1v) is 7.83. The van der Waals surface area contributed by atoms with E-state index < -0.39 is 40.0 Å². The van der Waals surface area contributed by atoms with Crippen molar-refractivity contribution in [1.82, 2.24) is 4.98 Å². The number of nitrogens with zero attached hydrogens (tertiary/aromatic N) is 1. The lowest BCUT2D eigenvalue weighted by molar-refractivity contribution is -0.143. The van der Waals surface area contributed by atoms with Crippen molar-refractivity contribution in [2.75, 3.05) is 0 Å². The molecular formula is C18H19F3N2O3. The summed E-state index contributed by atoms with van der Waals surface area (Å²) in [6.45, 7) is 7.05. The Kier molecular flexibility index (Phi) is 4.38. The summed E-state index contributed by atoms with van der Waals surface area (Å²) < 4.78 is 38.3. The largest absolute Gasteiger partial charge is 0.433 e. The molecule has 26 heavy (non-hydrogen) atoms. The van der Waals surface area contributed by atoms with Gasteiger partial charge in [0, 0.05) is 17.0 Å². The highest BCUT2D eigenvalue weighted by atomic mass is 19.4. The Labute approximate surface area is 148 Å². The molecule has 0 radical (unpaired) electrons. The average molecular weight is 368 g/mol. The van der Waals surface area contributed by atoms with Gasteiger partial charge < -0.3 is 5.73 Å². The molecule has 0 unspecified atom stereocenters. The van der Waals surface area contributed by atoms with Crippen LogP contribution in [0.4, 0.5) is 13.2 Å². The van der Waals surface area contributed by atoms with E-state index in [2.05, 4.69) is 4.98 Å². The van der Waals surface area contributed by atoms with Crippen LogP contribution in [0.3, 0.4) is 0 Å². The fourth-order valence-electron chi connectivity index (χ4n) is 3.07. The van der Waals surface area contributed by atoms with E-state index in [1.54, 1.807) is 0 Å². The van der Waals surface area contributed by atoms with E-state index >= 15 is 0 Å². The molecule has 0 spiro atoms. The normalized spacial score (nSPS) is 19.7. The van der Waals surface area contributed by atoms with E-state index in [-0.39, 0.29) is 22.5 Å². The van der Waals surface area contributed by atoms with Crippen molar-refractivity contribution in [2.24, 2.45) is 16.6 Å². The monoisotopic (exact) mass is 368 g/mol. The number of ketones is 3. The first-order valence-electron chi connectivity index (χ1n) is 7.83. The number of hydrogen-bond donors (Lipinski definition) is 1. The summed E-state index contributed by atoms with van der Waals surface area (Å²) in [5.74, 6) is -2.00. The molecule has 8 heteroatoms. The van der Waals surface area contributed by atoms with Gasteiger partial charge in [0.05, 0.1) is 16.4 Å². The smallest absolute Gasteiger partial charge is 0.401 e. The average Bonchev–Trinajstić information content (AvgIpc) is 2.51. The molecule has 2 rings (SSSR count). The zero-order chi connectivity index (χ0) is 20.2. The standard InChI is InChI=1S/C18H19F3N2O3/c1-8-9(6-7-10(23-8)18(19,20)21)12(24)11-13(22)16(2,3)15(26)17(4,5)14(11)25/h6-7H,22H2,1-5H3.